The number of rotatable bonds is 7. The van der Waals surface area contributed by atoms with Crippen LogP contribution in [0, 0.1) is 0 Å². The smallest absolute Gasteiger partial charge is 0.159 e. The van der Waals surface area contributed by atoms with Gasteiger partial charge in [0.1, 0.15) is 5.82 Å². The first-order valence-corrected chi connectivity index (χ1v) is 6.74. The SMILES string of the molecule is CCCn1ccnc1CC(CC1OCCO1)NC. The fourth-order valence-electron chi connectivity index (χ4n) is 2.27. The van der Waals surface area contributed by atoms with Crippen LogP contribution in [-0.2, 0) is 22.4 Å². The molecule has 2 rings (SSSR count). The Morgan fingerprint density at radius 1 is 1.50 bits per heavy atom. The van der Waals surface area contributed by atoms with Gasteiger partial charge in [-0.2, -0.15) is 0 Å². The molecule has 0 radical (unpaired) electrons. The largest absolute Gasteiger partial charge is 0.350 e. The summed E-state index contributed by atoms with van der Waals surface area (Å²) in [6.45, 7) is 4.64. The molecule has 0 spiro atoms. The number of hydrogen-bond donors (Lipinski definition) is 1. The third kappa shape index (κ3) is 3.54. The number of aromatic nitrogens is 2. The predicted octanol–water partition coefficient (Wildman–Crippen LogP) is 1.19. The Hall–Kier alpha value is -0.910. The first kappa shape index (κ1) is 13.5. The van der Waals surface area contributed by atoms with Crippen molar-refractivity contribution in [1.29, 1.82) is 0 Å². The molecule has 0 aromatic carbocycles. The van der Waals surface area contributed by atoms with E-state index in [1.807, 2.05) is 19.4 Å². The van der Waals surface area contributed by atoms with E-state index in [0.29, 0.717) is 19.3 Å². The van der Waals surface area contributed by atoms with Crippen molar-refractivity contribution in [3.05, 3.63) is 18.2 Å². The van der Waals surface area contributed by atoms with Gasteiger partial charge in [-0.05, 0) is 13.5 Å². The van der Waals surface area contributed by atoms with Crippen molar-refractivity contribution in [2.45, 2.75) is 45.1 Å². The molecule has 18 heavy (non-hydrogen) atoms. The highest BCUT2D eigenvalue weighted by Gasteiger charge is 2.21. The molecule has 1 fully saturated rings. The van der Waals surface area contributed by atoms with Gasteiger partial charge in [0.2, 0.25) is 0 Å². The Labute approximate surface area is 108 Å². The van der Waals surface area contributed by atoms with Gasteiger partial charge < -0.3 is 19.4 Å². The minimum absolute atomic E-state index is 0.0583. The first-order valence-electron chi connectivity index (χ1n) is 6.74. The lowest BCUT2D eigenvalue weighted by atomic mass is 10.1. The summed E-state index contributed by atoms with van der Waals surface area (Å²) in [7, 11) is 1.98. The molecule has 1 aromatic heterocycles. The Kier molecular flexibility index (Phi) is 5.16. The average Bonchev–Trinajstić information content (AvgIpc) is 3.01. The number of ether oxygens (including phenoxy) is 2. The molecule has 5 nitrogen and oxygen atoms in total. The molecule has 0 saturated carbocycles. The third-order valence-electron chi connectivity index (χ3n) is 3.27. The van der Waals surface area contributed by atoms with Gasteiger partial charge in [0.15, 0.2) is 6.29 Å². The molecule has 1 N–H and O–H groups in total. The molecule has 1 atom stereocenters. The van der Waals surface area contributed by atoms with E-state index in [2.05, 4.69) is 21.8 Å². The number of nitrogens with zero attached hydrogens (tertiary/aromatic N) is 2. The summed E-state index contributed by atoms with van der Waals surface area (Å²) in [5, 5.41) is 3.32. The quantitative estimate of drug-likeness (QED) is 0.793. The molecule has 0 bridgehead atoms. The summed E-state index contributed by atoms with van der Waals surface area (Å²) in [4.78, 5) is 4.44. The molecule has 1 aromatic rings. The second-order valence-electron chi connectivity index (χ2n) is 4.63. The minimum Gasteiger partial charge on any atom is -0.350 e. The molecular weight excluding hydrogens is 230 g/mol. The minimum atomic E-state index is -0.0583. The lowest BCUT2D eigenvalue weighted by Gasteiger charge is -2.19. The molecule has 0 amide bonds. The Morgan fingerprint density at radius 3 is 2.94 bits per heavy atom. The average molecular weight is 253 g/mol. The lowest BCUT2D eigenvalue weighted by molar-refractivity contribution is -0.0523. The van der Waals surface area contributed by atoms with E-state index < -0.39 is 0 Å². The second kappa shape index (κ2) is 6.87. The van der Waals surface area contributed by atoms with Crippen LogP contribution in [0.1, 0.15) is 25.6 Å². The first-order chi connectivity index (χ1) is 8.83. The van der Waals surface area contributed by atoms with Crippen molar-refractivity contribution in [2.24, 2.45) is 0 Å². The van der Waals surface area contributed by atoms with Crippen LogP contribution in [-0.4, -0.2) is 42.1 Å². The van der Waals surface area contributed by atoms with Crippen molar-refractivity contribution in [1.82, 2.24) is 14.9 Å². The lowest BCUT2D eigenvalue weighted by Crippen LogP contribution is -2.33. The molecule has 5 heteroatoms. The molecule has 2 heterocycles. The molecule has 102 valence electrons. The summed E-state index contributed by atoms with van der Waals surface area (Å²) in [6, 6.07) is 0.339. The van der Waals surface area contributed by atoms with Crippen molar-refractivity contribution in [3.63, 3.8) is 0 Å². The van der Waals surface area contributed by atoms with E-state index in [4.69, 9.17) is 9.47 Å². The van der Waals surface area contributed by atoms with Gasteiger partial charge in [0, 0.05) is 37.8 Å². The molecule has 0 aliphatic carbocycles. The van der Waals surface area contributed by atoms with Crippen molar-refractivity contribution in [3.8, 4) is 0 Å². The van der Waals surface area contributed by atoms with E-state index in [0.717, 1.165) is 31.6 Å². The zero-order valence-electron chi connectivity index (χ0n) is 11.3. The van der Waals surface area contributed by atoms with Crippen LogP contribution >= 0.6 is 0 Å². The van der Waals surface area contributed by atoms with Crippen molar-refractivity contribution in [2.75, 3.05) is 20.3 Å². The highest BCUT2D eigenvalue weighted by Crippen LogP contribution is 2.13. The van der Waals surface area contributed by atoms with Gasteiger partial charge in [-0.25, -0.2) is 4.98 Å². The fraction of sp³-hybridized carbons (Fsp3) is 0.769. The zero-order chi connectivity index (χ0) is 12.8. The second-order valence-corrected chi connectivity index (χ2v) is 4.63. The van der Waals surface area contributed by atoms with E-state index in [-0.39, 0.29) is 6.29 Å². The summed E-state index contributed by atoms with van der Waals surface area (Å²) < 4.78 is 13.2. The number of hydrogen-bond acceptors (Lipinski definition) is 4. The van der Waals surface area contributed by atoms with Gasteiger partial charge >= 0.3 is 0 Å². The molecule has 1 aliphatic heterocycles. The van der Waals surface area contributed by atoms with Crippen LogP contribution in [0.25, 0.3) is 0 Å². The zero-order valence-corrected chi connectivity index (χ0v) is 11.3. The van der Waals surface area contributed by atoms with Crippen LogP contribution in [0.15, 0.2) is 12.4 Å². The summed E-state index contributed by atoms with van der Waals surface area (Å²) in [5.41, 5.74) is 0. The van der Waals surface area contributed by atoms with Crippen molar-refractivity contribution < 1.29 is 9.47 Å². The topological polar surface area (TPSA) is 48.3 Å². The van der Waals surface area contributed by atoms with E-state index in [1.54, 1.807) is 0 Å². The van der Waals surface area contributed by atoms with Gasteiger partial charge in [-0.3, -0.25) is 0 Å². The van der Waals surface area contributed by atoms with E-state index >= 15 is 0 Å². The summed E-state index contributed by atoms with van der Waals surface area (Å²) in [6.07, 6.45) is 6.77. The highest BCUT2D eigenvalue weighted by molar-refractivity contribution is 4.95. The predicted molar refractivity (Wildman–Crippen MR) is 69.4 cm³/mol. The van der Waals surface area contributed by atoms with Crippen molar-refractivity contribution >= 4 is 0 Å². The molecule has 1 saturated heterocycles. The maximum atomic E-state index is 5.49. The van der Waals surface area contributed by atoms with E-state index in [9.17, 15) is 0 Å². The normalized spacial score (nSPS) is 18.3. The van der Waals surface area contributed by atoms with Gasteiger partial charge in [0.05, 0.1) is 13.2 Å². The standard InChI is InChI=1S/C13H23N3O2/c1-3-5-16-6-4-15-12(16)9-11(14-2)10-13-17-7-8-18-13/h4,6,11,13-14H,3,5,7-10H2,1-2H3. The Morgan fingerprint density at radius 2 is 2.28 bits per heavy atom. The van der Waals surface area contributed by atoms with Gasteiger partial charge in [0.25, 0.3) is 0 Å². The Bertz CT molecular complexity index is 348. The van der Waals surface area contributed by atoms with Crippen LogP contribution in [0.4, 0.5) is 0 Å². The molecule has 1 unspecified atom stereocenters. The van der Waals surface area contributed by atoms with Crippen LogP contribution in [0.3, 0.4) is 0 Å². The van der Waals surface area contributed by atoms with Crippen LogP contribution < -0.4 is 5.32 Å². The molecular formula is C13H23N3O2. The number of likely N-dealkylation sites (N-methyl/N-ethyl adjacent to an activating group) is 1. The monoisotopic (exact) mass is 253 g/mol. The number of nitrogens with one attached hydrogen (secondary N) is 1. The molecule has 1 aliphatic rings. The van der Waals surface area contributed by atoms with Gasteiger partial charge in [-0.15, -0.1) is 0 Å². The van der Waals surface area contributed by atoms with E-state index in [1.165, 1.54) is 0 Å². The highest BCUT2D eigenvalue weighted by atomic mass is 16.7. The maximum Gasteiger partial charge on any atom is 0.159 e. The van der Waals surface area contributed by atoms with Crippen LogP contribution in [0.2, 0.25) is 0 Å². The van der Waals surface area contributed by atoms with Crippen LogP contribution in [0.5, 0.6) is 0 Å². The Balaban J connectivity index is 1.89. The van der Waals surface area contributed by atoms with Gasteiger partial charge in [-0.1, -0.05) is 6.92 Å². The summed E-state index contributed by atoms with van der Waals surface area (Å²) in [5.74, 6) is 1.13. The number of aryl methyl sites for hydroxylation is 1. The fourth-order valence-corrected chi connectivity index (χ4v) is 2.27. The number of imidazole rings is 1. The third-order valence-corrected chi connectivity index (χ3v) is 3.27. The maximum absolute atomic E-state index is 5.49. The summed E-state index contributed by atoms with van der Waals surface area (Å²) >= 11 is 0.